The van der Waals surface area contributed by atoms with Gasteiger partial charge in [0.25, 0.3) is 5.91 Å². The second-order valence-electron chi connectivity index (χ2n) is 12.5. The molecule has 4 atom stereocenters. The average molecular weight is 576 g/mol. The molecule has 1 aliphatic heterocycles. The summed E-state index contributed by atoms with van der Waals surface area (Å²) in [5, 5.41) is 21.8. The number of likely N-dealkylation sites (tertiary alicyclic amines) is 1. The lowest BCUT2D eigenvalue weighted by atomic mass is 9.78. The number of aromatic nitrogens is 3. The number of nitrogens with zero attached hydrogens (tertiary/aromatic N) is 4. The molecule has 13 nitrogen and oxygen atoms in total. The number of carbonyl (C=O) groups is 4. The second-order valence-corrected chi connectivity index (χ2v) is 12.5. The van der Waals surface area contributed by atoms with Crippen LogP contribution in [0, 0.1) is 5.92 Å². The Bertz CT molecular complexity index is 1120. The first-order valence-corrected chi connectivity index (χ1v) is 14.8. The van der Waals surface area contributed by atoms with Gasteiger partial charge in [-0.1, -0.05) is 56.6 Å². The maximum Gasteiger partial charge on any atom is 0.287 e. The Morgan fingerprint density at radius 2 is 1.78 bits per heavy atom. The van der Waals surface area contributed by atoms with E-state index in [-0.39, 0.29) is 19.4 Å². The number of methoxy groups -OCH3 is 1. The lowest BCUT2D eigenvalue weighted by Crippen LogP contribution is -2.64. The van der Waals surface area contributed by atoms with E-state index < -0.39 is 58.9 Å². The summed E-state index contributed by atoms with van der Waals surface area (Å²) in [5.41, 5.74) is 9.51. The van der Waals surface area contributed by atoms with Crippen molar-refractivity contribution in [3.05, 3.63) is 11.9 Å². The number of hydrogen-bond acceptors (Lipinski definition) is 9. The van der Waals surface area contributed by atoms with Gasteiger partial charge in [-0.15, -0.1) is 5.10 Å². The first-order chi connectivity index (χ1) is 19.4. The lowest BCUT2D eigenvalue weighted by Gasteiger charge is -2.38. The minimum Gasteiger partial charge on any atom is -0.384 e. The van der Waals surface area contributed by atoms with Crippen LogP contribution in [0.3, 0.4) is 0 Å². The van der Waals surface area contributed by atoms with Gasteiger partial charge in [0.2, 0.25) is 17.6 Å². The van der Waals surface area contributed by atoms with Crippen molar-refractivity contribution in [2.24, 2.45) is 17.4 Å². The Balaban J connectivity index is 1.68. The molecule has 1 aromatic rings. The average Bonchev–Trinajstić information content (AvgIpc) is 3.58. The Morgan fingerprint density at radius 3 is 2.37 bits per heavy atom. The van der Waals surface area contributed by atoms with E-state index in [9.17, 15) is 24.3 Å². The molecule has 3 aliphatic rings. The van der Waals surface area contributed by atoms with Crippen molar-refractivity contribution in [1.29, 1.82) is 0 Å². The zero-order chi connectivity index (χ0) is 29.9. The fraction of sp³-hybridized carbons (Fsp3) is 0.786. The SMILES string of the molecule is CO[C@@H]1[C@@H](C(=O)NC2(C(=O)C(N)=O)CCCCC2)N(C(=O)C(N)CC2CCCCC2)C[C@H]1n1nncc1C(C)(C)O. The largest absolute Gasteiger partial charge is 0.384 e. The third-order valence-corrected chi connectivity index (χ3v) is 9.11. The number of carbonyl (C=O) groups excluding carboxylic acids is 4. The standard InChI is InChI=1S/C28H45N7O6/c1-27(2,40)20-15-31-33-35(20)19-16-34(26(39)18(29)14-17-10-6-4-7-11-17)21(22(19)41-3)25(38)32-28(23(36)24(30)37)12-8-5-9-13-28/h15,17-19,21-22,40H,4-14,16,29H2,1-3H3,(H2,30,37)(H,32,38)/t18?,19-,21+,22+/m1/s1. The summed E-state index contributed by atoms with van der Waals surface area (Å²) < 4.78 is 7.33. The Kier molecular flexibility index (Phi) is 9.49. The molecule has 41 heavy (non-hydrogen) atoms. The number of nitrogens with one attached hydrogen (secondary N) is 1. The molecule has 2 heterocycles. The van der Waals surface area contributed by atoms with Crippen LogP contribution in [0.2, 0.25) is 0 Å². The number of Topliss-reactive ketones (excluding diaryl/α,β-unsaturated/α-hetero) is 1. The van der Waals surface area contributed by atoms with Crippen molar-refractivity contribution >= 4 is 23.5 Å². The highest BCUT2D eigenvalue weighted by Crippen LogP contribution is 2.36. The number of amides is 3. The zero-order valence-corrected chi connectivity index (χ0v) is 24.4. The number of aliphatic hydroxyl groups is 1. The highest BCUT2D eigenvalue weighted by atomic mass is 16.5. The van der Waals surface area contributed by atoms with Gasteiger partial charge in [0, 0.05) is 13.7 Å². The monoisotopic (exact) mass is 575 g/mol. The molecule has 1 unspecified atom stereocenters. The molecule has 228 valence electrons. The number of primary amides is 1. The third-order valence-electron chi connectivity index (χ3n) is 9.11. The first kappa shape index (κ1) is 31.0. The number of hydrogen-bond donors (Lipinski definition) is 4. The molecule has 0 spiro atoms. The van der Waals surface area contributed by atoms with E-state index in [0.717, 1.165) is 32.1 Å². The van der Waals surface area contributed by atoms with E-state index in [1.54, 1.807) is 13.8 Å². The molecule has 4 rings (SSSR count). The minimum absolute atomic E-state index is 0.0248. The number of nitrogens with two attached hydrogens (primary N) is 2. The van der Waals surface area contributed by atoms with E-state index in [0.29, 0.717) is 30.9 Å². The van der Waals surface area contributed by atoms with E-state index in [4.69, 9.17) is 16.2 Å². The number of rotatable bonds is 10. The van der Waals surface area contributed by atoms with Gasteiger partial charge >= 0.3 is 0 Å². The number of ketones is 1. The van der Waals surface area contributed by atoms with E-state index in [1.165, 1.54) is 29.3 Å². The van der Waals surface area contributed by atoms with E-state index in [2.05, 4.69) is 15.6 Å². The molecule has 6 N–H and O–H groups in total. The normalized spacial score (nSPS) is 26.0. The van der Waals surface area contributed by atoms with Crippen LogP contribution in [-0.2, 0) is 29.5 Å². The fourth-order valence-corrected chi connectivity index (χ4v) is 6.96. The molecule has 0 bridgehead atoms. The summed E-state index contributed by atoms with van der Waals surface area (Å²) in [6.07, 6.45) is 9.15. The topological polar surface area (TPSA) is 196 Å². The summed E-state index contributed by atoms with van der Waals surface area (Å²) >= 11 is 0. The highest BCUT2D eigenvalue weighted by molar-refractivity contribution is 6.39. The van der Waals surface area contributed by atoms with E-state index in [1.807, 2.05) is 0 Å². The van der Waals surface area contributed by atoms with Crippen LogP contribution in [0.25, 0.3) is 0 Å². The van der Waals surface area contributed by atoms with Gasteiger partial charge in [-0.3, -0.25) is 19.2 Å². The maximum atomic E-state index is 14.1. The predicted octanol–water partition coefficient (Wildman–Crippen LogP) is 0.444. The van der Waals surface area contributed by atoms with Crippen LogP contribution in [0.15, 0.2) is 6.20 Å². The van der Waals surface area contributed by atoms with Gasteiger partial charge < -0.3 is 31.5 Å². The quantitative estimate of drug-likeness (QED) is 0.286. The second kappa shape index (κ2) is 12.5. The fourth-order valence-electron chi connectivity index (χ4n) is 6.96. The lowest BCUT2D eigenvalue weighted by molar-refractivity contribution is -0.147. The third kappa shape index (κ3) is 6.46. The van der Waals surface area contributed by atoms with Crippen LogP contribution in [0.5, 0.6) is 0 Å². The number of ether oxygens (including phenoxy) is 1. The van der Waals surface area contributed by atoms with Crippen LogP contribution in [-0.4, -0.2) is 85.9 Å². The van der Waals surface area contributed by atoms with Crippen LogP contribution in [0.1, 0.15) is 96.2 Å². The molecule has 2 saturated carbocycles. The summed E-state index contributed by atoms with van der Waals surface area (Å²) in [6.45, 7) is 3.21. The van der Waals surface area contributed by atoms with Gasteiger partial charge in [-0.05, 0) is 39.0 Å². The summed E-state index contributed by atoms with van der Waals surface area (Å²) in [6, 6.07) is -2.68. The van der Waals surface area contributed by atoms with Crippen LogP contribution < -0.4 is 16.8 Å². The summed E-state index contributed by atoms with van der Waals surface area (Å²) in [5.74, 6) is -2.65. The first-order valence-electron chi connectivity index (χ1n) is 14.8. The van der Waals surface area contributed by atoms with Crippen molar-refractivity contribution in [1.82, 2.24) is 25.2 Å². The van der Waals surface area contributed by atoms with Crippen molar-refractivity contribution in [2.45, 2.75) is 120 Å². The summed E-state index contributed by atoms with van der Waals surface area (Å²) in [7, 11) is 1.43. The molecule has 2 aliphatic carbocycles. The van der Waals surface area contributed by atoms with Gasteiger partial charge in [0.05, 0.1) is 17.9 Å². The smallest absolute Gasteiger partial charge is 0.287 e. The van der Waals surface area contributed by atoms with E-state index >= 15 is 0 Å². The van der Waals surface area contributed by atoms with Gasteiger partial charge in [-0.2, -0.15) is 0 Å². The summed E-state index contributed by atoms with van der Waals surface area (Å²) in [4.78, 5) is 54.4. The van der Waals surface area contributed by atoms with Gasteiger partial charge in [0.1, 0.15) is 29.3 Å². The van der Waals surface area contributed by atoms with Gasteiger partial charge in [-0.25, -0.2) is 4.68 Å². The van der Waals surface area contributed by atoms with Crippen molar-refractivity contribution < 1.29 is 29.0 Å². The molecule has 0 aromatic carbocycles. The van der Waals surface area contributed by atoms with Gasteiger partial charge in [0.15, 0.2) is 0 Å². The zero-order valence-electron chi connectivity index (χ0n) is 24.4. The highest BCUT2D eigenvalue weighted by Gasteiger charge is 2.53. The van der Waals surface area contributed by atoms with Crippen molar-refractivity contribution in [3.63, 3.8) is 0 Å². The van der Waals surface area contributed by atoms with Crippen molar-refractivity contribution in [2.75, 3.05) is 13.7 Å². The molecule has 1 saturated heterocycles. The molecule has 13 heteroatoms. The molecule has 0 radical (unpaired) electrons. The molecule has 1 aromatic heterocycles. The predicted molar refractivity (Wildman–Crippen MR) is 148 cm³/mol. The van der Waals surface area contributed by atoms with Crippen LogP contribution in [0.4, 0.5) is 0 Å². The maximum absolute atomic E-state index is 14.1. The molecular formula is C28H45N7O6. The molecule has 3 fully saturated rings. The Hall–Kier alpha value is -2.90. The Morgan fingerprint density at radius 1 is 1.15 bits per heavy atom. The Labute approximate surface area is 240 Å². The van der Waals surface area contributed by atoms with Crippen LogP contribution >= 0.6 is 0 Å². The minimum atomic E-state index is -1.44. The molecular weight excluding hydrogens is 530 g/mol. The molecule has 3 amide bonds. The van der Waals surface area contributed by atoms with Crippen molar-refractivity contribution in [3.8, 4) is 0 Å².